The van der Waals surface area contributed by atoms with Crippen LogP contribution in [-0.2, 0) is 16.1 Å². The van der Waals surface area contributed by atoms with Crippen molar-refractivity contribution in [2.45, 2.75) is 33.4 Å². The van der Waals surface area contributed by atoms with E-state index in [-0.39, 0.29) is 11.7 Å². The predicted molar refractivity (Wildman–Crippen MR) is 114 cm³/mol. The molecule has 0 bridgehead atoms. The first-order chi connectivity index (χ1) is 14.3. The molecule has 2 heterocycles. The second-order valence-electron chi connectivity index (χ2n) is 6.77. The SMILES string of the molecule is COc1ccc2nc(C)c(C(=O)OC(C)C(=O)c3ccc(CNC(C)=O)s3)cc2c1. The van der Waals surface area contributed by atoms with Crippen LogP contribution < -0.4 is 10.1 Å². The highest BCUT2D eigenvalue weighted by molar-refractivity contribution is 7.14. The van der Waals surface area contributed by atoms with Crippen LogP contribution in [0.3, 0.4) is 0 Å². The van der Waals surface area contributed by atoms with Gasteiger partial charge in [-0.2, -0.15) is 0 Å². The molecule has 0 saturated carbocycles. The number of carbonyl (C=O) groups is 3. The largest absolute Gasteiger partial charge is 0.497 e. The number of esters is 1. The summed E-state index contributed by atoms with van der Waals surface area (Å²) in [5.41, 5.74) is 1.55. The number of carbonyl (C=O) groups excluding carboxylic acids is 3. The minimum atomic E-state index is -0.954. The quantitative estimate of drug-likeness (QED) is 0.458. The maximum absolute atomic E-state index is 12.7. The molecule has 0 aliphatic heterocycles. The minimum absolute atomic E-state index is 0.143. The zero-order valence-corrected chi connectivity index (χ0v) is 18.0. The number of fused-ring (bicyclic) bond motifs is 1. The van der Waals surface area contributed by atoms with Crippen LogP contribution in [0.25, 0.3) is 10.9 Å². The van der Waals surface area contributed by atoms with E-state index in [1.54, 1.807) is 51.3 Å². The molecule has 30 heavy (non-hydrogen) atoms. The lowest BCUT2D eigenvalue weighted by Crippen LogP contribution is -2.24. The summed E-state index contributed by atoms with van der Waals surface area (Å²) in [5, 5.41) is 3.43. The molecule has 1 unspecified atom stereocenters. The topological polar surface area (TPSA) is 94.6 Å². The normalized spacial score (nSPS) is 11.7. The van der Waals surface area contributed by atoms with Gasteiger partial charge in [0.25, 0.3) is 0 Å². The number of amides is 1. The smallest absolute Gasteiger partial charge is 0.340 e. The summed E-state index contributed by atoms with van der Waals surface area (Å²) in [4.78, 5) is 42.1. The zero-order valence-electron chi connectivity index (χ0n) is 17.1. The van der Waals surface area contributed by atoms with Crippen molar-refractivity contribution in [1.82, 2.24) is 10.3 Å². The second-order valence-corrected chi connectivity index (χ2v) is 7.94. The average Bonchev–Trinajstić information content (AvgIpc) is 3.19. The van der Waals surface area contributed by atoms with E-state index >= 15 is 0 Å². The Balaban J connectivity index is 1.74. The van der Waals surface area contributed by atoms with Gasteiger partial charge >= 0.3 is 5.97 Å². The number of hydrogen-bond donors (Lipinski definition) is 1. The van der Waals surface area contributed by atoms with Crippen LogP contribution in [0.15, 0.2) is 36.4 Å². The van der Waals surface area contributed by atoms with Gasteiger partial charge in [-0.1, -0.05) is 0 Å². The van der Waals surface area contributed by atoms with Gasteiger partial charge in [0.2, 0.25) is 11.7 Å². The molecule has 3 rings (SSSR count). The second kappa shape index (κ2) is 9.04. The van der Waals surface area contributed by atoms with Gasteiger partial charge in [0.15, 0.2) is 6.10 Å². The standard InChI is InChI=1S/C22H22N2O5S/c1-12-18(10-15-9-16(28-4)5-7-19(15)24-12)22(27)29-13(2)21(26)20-8-6-17(30-20)11-23-14(3)25/h5-10,13H,11H2,1-4H3,(H,23,25). The van der Waals surface area contributed by atoms with Gasteiger partial charge in [-0.05, 0) is 50.2 Å². The van der Waals surface area contributed by atoms with E-state index in [2.05, 4.69) is 10.3 Å². The number of pyridine rings is 1. The van der Waals surface area contributed by atoms with E-state index in [0.717, 1.165) is 15.8 Å². The number of methoxy groups -OCH3 is 1. The fourth-order valence-corrected chi connectivity index (χ4v) is 3.84. The maximum atomic E-state index is 12.7. The molecule has 3 aromatic rings. The first-order valence-corrected chi connectivity index (χ1v) is 10.1. The number of thiophene rings is 1. The fourth-order valence-electron chi connectivity index (χ4n) is 2.88. The van der Waals surface area contributed by atoms with Crippen LogP contribution in [-0.4, -0.2) is 35.9 Å². The molecular formula is C22H22N2O5S. The summed E-state index contributed by atoms with van der Waals surface area (Å²) in [6, 6.07) is 10.5. The third kappa shape index (κ3) is 4.83. The highest BCUT2D eigenvalue weighted by atomic mass is 32.1. The van der Waals surface area contributed by atoms with Crippen molar-refractivity contribution in [2.75, 3.05) is 7.11 Å². The molecule has 0 aliphatic rings. The highest BCUT2D eigenvalue weighted by Gasteiger charge is 2.23. The van der Waals surface area contributed by atoms with Crippen molar-refractivity contribution in [1.29, 1.82) is 0 Å². The molecule has 1 amide bonds. The van der Waals surface area contributed by atoms with Gasteiger partial charge in [0.05, 0.1) is 35.3 Å². The van der Waals surface area contributed by atoms with Crippen LogP contribution in [0.2, 0.25) is 0 Å². The van der Waals surface area contributed by atoms with Gasteiger partial charge in [0.1, 0.15) is 5.75 Å². The molecule has 0 fully saturated rings. The van der Waals surface area contributed by atoms with Crippen molar-refractivity contribution in [3.63, 3.8) is 0 Å². The van der Waals surface area contributed by atoms with E-state index in [1.807, 2.05) is 6.07 Å². The lowest BCUT2D eigenvalue weighted by atomic mass is 10.1. The molecule has 8 heteroatoms. The molecule has 1 N–H and O–H groups in total. The van der Waals surface area contributed by atoms with Crippen molar-refractivity contribution >= 4 is 39.9 Å². The Morgan fingerprint density at radius 1 is 1.17 bits per heavy atom. The van der Waals surface area contributed by atoms with Crippen LogP contribution in [0, 0.1) is 6.92 Å². The number of hydrogen-bond acceptors (Lipinski definition) is 7. The Hall–Kier alpha value is -3.26. The van der Waals surface area contributed by atoms with Crippen molar-refractivity contribution in [3.8, 4) is 5.75 Å². The molecule has 7 nitrogen and oxygen atoms in total. The summed E-state index contributed by atoms with van der Waals surface area (Å²) >= 11 is 1.26. The van der Waals surface area contributed by atoms with E-state index in [4.69, 9.17) is 9.47 Å². The van der Waals surface area contributed by atoms with Crippen molar-refractivity contribution in [2.24, 2.45) is 0 Å². The van der Waals surface area contributed by atoms with Crippen LogP contribution in [0.4, 0.5) is 0 Å². The van der Waals surface area contributed by atoms with E-state index in [0.29, 0.717) is 28.4 Å². The maximum Gasteiger partial charge on any atom is 0.340 e. The molecule has 1 aromatic carbocycles. The Bertz CT molecular complexity index is 1120. The van der Waals surface area contributed by atoms with Gasteiger partial charge in [-0.15, -0.1) is 11.3 Å². The molecule has 0 saturated heterocycles. The van der Waals surface area contributed by atoms with Gasteiger partial charge < -0.3 is 14.8 Å². The monoisotopic (exact) mass is 426 g/mol. The lowest BCUT2D eigenvalue weighted by Gasteiger charge is -2.13. The number of ketones is 1. The van der Waals surface area contributed by atoms with Crippen LogP contribution in [0.1, 0.15) is 44.4 Å². The molecule has 0 spiro atoms. The number of aromatic nitrogens is 1. The Kier molecular flexibility index (Phi) is 6.47. The number of ether oxygens (including phenoxy) is 2. The summed E-state index contributed by atoms with van der Waals surface area (Å²) in [6.07, 6.45) is -0.954. The number of aryl methyl sites for hydroxylation is 1. The van der Waals surface area contributed by atoms with Crippen molar-refractivity contribution in [3.05, 3.63) is 57.4 Å². The number of Topliss-reactive ketones (excluding diaryl/α,β-unsaturated/α-hetero) is 1. The summed E-state index contributed by atoms with van der Waals surface area (Å²) in [6.45, 7) is 5.05. The van der Waals surface area contributed by atoms with Crippen LogP contribution in [0.5, 0.6) is 5.75 Å². The minimum Gasteiger partial charge on any atom is -0.497 e. The number of benzene rings is 1. The molecule has 0 aliphatic carbocycles. The predicted octanol–water partition coefficient (Wildman–Crippen LogP) is 3.68. The molecule has 1 atom stereocenters. The Morgan fingerprint density at radius 2 is 1.93 bits per heavy atom. The zero-order chi connectivity index (χ0) is 21.8. The first kappa shape index (κ1) is 21.4. The van der Waals surface area contributed by atoms with Gasteiger partial charge in [-0.25, -0.2) is 4.79 Å². The summed E-state index contributed by atoms with van der Waals surface area (Å²) < 4.78 is 10.6. The molecule has 0 radical (unpaired) electrons. The number of nitrogens with one attached hydrogen (secondary N) is 1. The Morgan fingerprint density at radius 3 is 2.63 bits per heavy atom. The fraction of sp³-hybridized carbons (Fsp3) is 0.273. The molecular weight excluding hydrogens is 404 g/mol. The summed E-state index contributed by atoms with van der Waals surface area (Å²) in [5.74, 6) is -0.393. The van der Waals surface area contributed by atoms with Crippen molar-refractivity contribution < 1.29 is 23.9 Å². The van der Waals surface area contributed by atoms with Gasteiger partial charge in [-0.3, -0.25) is 14.6 Å². The number of nitrogens with zero attached hydrogens (tertiary/aromatic N) is 1. The third-order valence-electron chi connectivity index (χ3n) is 4.50. The van der Waals surface area contributed by atoms with E-state index < -0.39 is 12.1 Å². The van der Waals surface area contributed by atoms with E-state index in [1.165, 1.54) is 18.3 Å². The summed E-state index contributed by atoms with van der Waals surface area (Å²) in [7, 11) is 1.57. The Labute approximate surface area is 178 Å². The van der Waals surface area contributed by atoms with E-state index in [9.17, 15) is 14.4 Å². The van der Waals surface area contributed by atoms with Gasteiger partial charge in [0, 0.05) is 17.2 Å². The lowest BCUT2D eigenvalue weighted by molar-refractivity contribution is -0.119. The third-order valence-corrected chi connectivity index (χ3v) is 5.60. The highest BCUT2D eigenvalue weighted by Crippen LogP contribution is 2.23. The first-order valence-electron chi connectivity index (χ1n) is 9.32. The average molecular weight is 426 g/mol. The van der Waals surface area contributed by atoms with Crippen LogP contribution >= 0.6 is 11.3 Å². The molecule has 156 valence electrons. The number of rotatable bonds is 7. The molecule has 2 aromatic heterocycles.